The predicted octanol–water partition coefficient (Wildman–Crippen LogP) is 3.41. The molecule has 0 bridgehead atoms. The van der Waals surface area contributed by atoms with Crippen molar-refractivity contribution in [3.63, 3.8) is 0 Å². The fourth-order valence-electron chi connectivity index (χ4n) is 2.27. The average molecular weight is 273 g/mol. The van der Waals surface area contributed by atoms with Gasteiger partial charge in [0.25, 0.3) is 0 Å². The number of benzene rings is 1. The number of hydrogen-bond acceptors (Lipinski definition) is 2. The summed E-state index contributed by atoms with van der Waals surface area (Å²) >= 11 is 11.9. The average Bonchev–Trinajstić information content (AvgIpc) is 3.13. The van der Waals surface area contributed by atoms with Gasteiger partial charge in [-0.2, -0.15) is 0 Å². The molecule has 0 heterocycles. The van der Waals surface area contributed by atoms with Crippen molar-refractivity contribution in [1.29, 1.82) is 0 Å². The van der Waals surface area contributed by atoms with Crippen molar-refractivity contribution in [3.05, 3.63) is 33.8 Å². The van der Waals surface area contributed by atoms with Crippen LogP contribution in [0.25, 0.3) is 0 Å². The molecular weight excluding hydrogens is 255 g/mol. The van der Waals surface area contributed by atoms with Gasteiger partial charge in [-0.3, -0.25) is 11.3 Å². The van der Waals surface area contributed by atoms with E-state index in [0.29, 0.717) is 22.0 Å². The van der Waals surface area contributed by atoms with Crippen molar-refractivity contribution in [2.75, 3.05) is 0 Å². The van der Waals surface area contributed by atoms with E-state index in [1.54, 1.807) is 0 Å². The van der Waals surface area contributed by atoms with Crippen LogP contribution < -0.4 is 11.3 Å². The topological polar surface area (TPSA) is 38.0 Å². The van der Waals surface area contributed by atoms with Crippen molar-refractivity contribution >= 4 is 23.2 Å². The zero-order valence-electron chi connectivity index (χ0n) is 9.92. The molecule has 0 saturated heterocycles. The highest BCUT2D eigenvalue weighted by Gasteiger charge is 2.32. The molecule has 0 amide bonds. The van der Waals surface area contributed by atoms with Crippen LogP contribution in [0.4, 0.5) is 0 Å². The predicted molar refractivity (Wildman–Crippen MR) is 73.2 cm³/mol. The molecule has 0 spiro atoms. The fraction of sp³-hybridized carbons (Fsp3) is 0.538. The van der Waals surface area contributed by atoms with Gasteiger partial charge in [-0.25, -0.2) is 0 Å². The SMILES string of the molecule is CC(C1CC1)C(Cc1ccc(Cl)c(Cl)c1)NN. The highest BCUT2D eigenvalue weighted by Crippen LogP contribution is 2.38. The van der Waals surface area contributed by atoms with Gasteiger partial charge in [-0.15, -0.1) is 0 Å². The zero-order chi connectivity index (χ0) is 12.4. The fourth-order valence-corrected chi connectivity index (χ4v) is 2.59. The smallest absolute Gasteiger partial charge is 0.0595 e. The maximum absolute atomic E-state index is 6.01. The molecule has 0 aliphatic heterocycles. The zero-order valence-corrected chi connectivity index (χ0v) is 11.4. The van der Waals surface area contributed by atoms with Gasteiger partial charge in [0.2, 0.25) is 0 Å². The number of nitrogens with two attached hydrogens (primary N) is 1. The van der Waals surface area contributed by atoms with Crippen LogP contribution in [-0.2, 0) is 6.42 Å². The summed E-state index contributed by atoms with van der Waals surface area (Å²) in [5, 5.41) is 1.21. The van der Waals surface area contributed by atoms with Crippen molar-refractivity contribution in [1.82, 2.24) is 5.43 Å². The van der Waals surface area contributed by atoms with E-state index in [1.807, 2.05) is 18.2 Å². The van der Waals surface area contributed by atoms with E-state index in [4.69, 9.17) is 29.0 Å². The molecule has 2 rings (SSSR count). The lowest BCUT2D eigenvalue weighted by atomic mass is 9.92. The third kappa shape index (κ3) is 3.35. The van der Waals surface area contributed by atoms with Crippen molar-refractivity contribution in [2.45, 2.75) is 32.2 Å². The van der Waals surface area contributed by atoms with E-state index >= 15 is 0 Å². The molecule has 2 nitrogen and oxygen atoms in total. The summed E-state index contributed by atoms with van der Waals surface area (Å²) < 4.78 is 0. The molecule has 2 unspecified atom stereocenters. The van der Waals surface area contributed by atoms with E-state index in [0.717, 1.165) is 12.3 Å². The molecule has 0 aromatic heterocycles. The van der Waals surface area contributed by atoms with Crippen LogP contribution in [0.1, 0.15) is 25.3 Å². The summed E-state index contributed by atoms with van der Waals surface area (Å²) in [6, 6.07) is 6.08. The molecule has 94 valence electrons. The molecule has 3 N–H and O–H groups in total. The van der Waals surface area contributed by atoms with Crippen LogP contribution in [-0.4, -0.2) is 6.04 Å². The van der Waals surface area contributed by atoms with Crippen molar-refractivity contribution in [2.24, 2.45) is 17.7 Å². The Morgan fingerprint density at radius 2 is 2.06 bits per heavy atom. The first-order valence-corrected chi connectivity index (χ1v) is 6.77. The molecule has 1 saturated carbocycles. The van der Waals surface area contributed by atoms with Gasteiger partial charge in [-0.1, -0.05) is 36.2 Å². The molecule has 0 radical (unpaired) electrons. The standard InChI is InChI=1S/C13H18Cl2N2/c1-8(10-3-4-10)13(17-16)7-9-2-5-11(14)12(15)6-9/h2,5-6,8,10,13,17H,3-4,7,16H2,1H3. The number of nitrogens with one attached hydrogen (secondary N) is 1. The Morgan fingerprint density at radius 1 is 1.35 bits per heavy atom. The van der Waals surface area contributed by atoms with E-state index in [1.165, 1.54) is 18.4 Å². The second kappa shape index (κ2) is 5.57. The highest BCUT2D eigenvalue weighted by atomic mass is 35.5. The summed E-state index contributed by atoms with van der Waals surface area (Å²) in [4.78, 5) is 0. The van der Waals surface area contributed by atoms with Gasteiger partial charge in [0.15, 0.2) is 0 Å². The lowest BCUT2D eigenvalue weighted by Crippen LogP contribution is -2.42. The maximum Gasteiger partial charge on any atom is 0.0595 e. The van der Waals surface area contributed by atoms with Crippen LogP contribution in [0, 0.1) is 11.8 Å². The van der Waals surface area contributed by atoms with Crippen molar-refractivity contribution in [3.8, 4) is 0 Å². The van der Waals surface area contributed by atoms with Crippen LogP contribution in [0.15, 0.2) is 18.2 Å². The quantitative estimate of drug-likeness (QED) is 0.637. The minimum atomic E-state index is 0.305. The maximum atomic E-state index is 6.01. The van der Waals surface area contributed by atoms with Crippen LogP contribution >= 0.6 is 23.2 Å². The minimum Gasteiger partial charge on any atom is -0.271 e. The highest BCUT2D eigenvalue weighted by molar-refractivity contribution is 6.42. The van der Waals surface area contributed by atoms with Gasteiger partial charge in [0.1, 0.15) is 0 Å². The van der Waals surface area contributed by atoms with Gasteiger partial charge < -0.3 is 0 Å². The van der Waals surface area contributed by atoms with Crippen LogP contribution in [0.3, 0.4) is 0 Å². The third-order valence-electron chi connectivity index (χ3n) is 3.65. The Hall–Kier alpha value is -0.280. The second-order valence-corrected chi connectivity index (χ2v) is 5.74. The summed E-state index contributed by atoms with van der Waals surface area (Å²) in [5.74, 6) is 7.08. The summed E-state index contributed by atoms with van der Waals surface area (Å²) in [5.41, 5.74) is 4.11. The first kappa shape index (κ1) is 13.2. The Kier molecular flexibility index (Phi) is 4.31. The third-order valence-corrected chi connectivity index (χ3v) is 4.39. The van der Waals surface area contributed by atoms with Gasteiger partial charge >= 0.3 is 0 Å². The normalized spacial score (nSPS) is 19.1. The molecule has 1 aliphatic carbocycles. The van der Waals surface area contributed by atoms with Crippen LogP contribution in [0.2, 0.25) is 10.0 Å². The molecular formula is C13H18Cl2N2. The summed E-state index contributed by atoms with van der Waals surface area (Å²) in [7, 11) is 0. The monoisotopic (exact) mass is 272 g/mol. The molecule has 1 aromatic carbocycles. The molecule has 1 aromatic rings. The van der Waals surface area contributed by atoms with Gasteiger partial charge in [0, 0.05) is 6.04 Å². The lowest BCUT2D eigenvalue weighted by Gasteiger charge is -2.23. The van der Waals surface area contributed by atoms with Gasteiger partial charge in [-0.05, 0) is 48.8 Å². The molecule has 4 heteroatoms. The van der Waals surface area contributed by atoms with E-state index in [9.17, 15) is 0 Å². The number of hydrogen-bond donors (Lipinski definition) is 2. The Bertz CT molecular complexity index is 391. The van der Waals surface area contributed by atoms with E-state index in [2.05, 4.69) is 12.3 Å². The summed E-state index contributed by atoms with van der Waals surface area (Å²) in [6.07, 6.45) is 3.56. The van der Waals surface area contributed by atoms with Gasteiger partial charge in [0.05, 0.1) is 10.0 Å². The minimum absolute atomic E-state index is 0.305. The molecule has 1 aliphatic rings. The lowest BCUT2D eigenvalue weighted by molar-refractivity contribution is 0.343. The van der Waals surface area contributed by atoms with Crippen molar-refractivity contribution < 1.29 is 0 Å². The Balaban J connectivity index is 2.04. The second-order valence-electron chi connectivity index (χ2n) is 4.92. The number of hydrazine groups is 1. The number of halogens is 2. The Labute approximate surface area is 112 Å². The van der Waals surface area contributed by atoms with Crippen LogP contribution in [0.5, 0.6) is 0 Å². The molecule has 17 heavy (non-hydrogen) atoms. The first-order valence-electron chi connectivity index (χ1n) is 6.02. The molecule has 1 fully saturated rings. The summed E-state index contributed by atoms with van der Waals surface area (Å²) in [6.45, 7) is 2.26. The van der Waals surface area contributed by atoms with E-state index in [-0.39, 0.29) is 0 Å². The Morgan fingerprint density at radius 3 is 2.59 bits per heavy atom. The van der Waals surface area contributed by atoms with E-state index < -0.39 is 0 Å². The number of rotatable bonds is 5. The first-order chi connectivity index (χ1) is 8.11. The largest absolute Gasteiger partial charge is 0.271 e. The molecule has 2 atom stereocenters.